The molecule has 1 aliphatic rings. The van der Waals surface area contributed by atoms with E-state index >= 15 is 0 Å². The second kappa shape index (κ2) is 10.1. The van der Waals surface area contributed by atoms with Gasteiger partial charge in [-0.2, -0.15) is 0 Å². The van der Waals surface area contributed by atoms with Crippen LogP contribution >= 0.6 is 0 Å². The van der Waals surface area contributed by atoms with Gasteiger partial charge in [-0.1, -0.05) is 30.3 Å². The van der Waals surface area contributed by atoms with Gasteiger partial charge in [0.05, 0.1) is 7.11 Å². The summed E-state index contributed by atoms with van der Waals surface area (Å²) < 4.78 is 15.5. The van der Waals surface area contributed by atoms with Gasteiger partial charge in [-0.25, -0.2) is 14.4 Å². The molecule has 1 fully saturated rings. The summed E-state index contributed by atoms with van der Waals surface area (Å²) >= 11 is 0. The third kappa shape index (κ3) is 7.29. The predicted octanol–water partition coefficient (Wildman–Crippen LogP) is 3.24. The summed E-state index contributed by atoms with van der Waals surface area (Å²) in [5.41, 5.74) is 0.232. The minimum atomic E-state index is -0.920. The largest absolute Gasteiger partial charge is 0.467 e. The fraction of sp³-hybridized carbons (Fsp3) is 0.571. The molecule has 1 heterocycles. The summed E-state index contributed by atoms with van der Waals surface area (Å²) in [6, 6.07) is 8.08. The summed E-state index contributed by atoms with van der Waals surface area (Å²) in [5.74, 6) is -0.585. The molecule has 0 aliphatic carbocycles. The molecule has 2 amide bonds. The van der Waals surface area contributed by atoms with Gasteiger partial charge in [0.15, 0.2) is 0 Å². The van der Waals surface area contributed by atoms with Crippen molar-refractivity contribution in [2.24, 2.45) is 0 Å². The summed E-state index contributed by atoms with van der Waals surface area (Å²) in [5, 5.41) is 2.56. The number of hydrogen-bond acceptors (Lipinski definition) is 6. The maximum Gasteiger partial charge on any atom is 0.410 e. The van der Waals surface area contributed by atoms with E-state index in [-0.39, 0.29) is 19.1 Å². The van der Waals surface area contributed by atoms with Gasteiger partial charge in [-0.3, -0.25) is 0 Å². The molecule has 8 nitrogen and oxygen atoms in total. The lowest BCUT2D eigenvalue weighted by molar-refractivity contribution is -0.143. The van der Waals surface area contributed by atoms with Crippen LogP contribution in [0.5, 0.6) is 0 Å². The molecule has 1 N–H and O–H groups in total. The molecule has 0 spiro atoms. The number of esters is 1. The molecule has 0 aromatic heterocycles. The monoisotopic (exact) mass is 406 g/mol. The average Bonchev–Trinajstić information content (AvgIpc) is 3.13. The molecular weight excluding hydrogens is 376 g/mol. The quantitative estimate of drug-likeness (QED) is 0.576. The summed E-state index contributed by atoms with van der Waals surface area (Å²) in [4.78, 5) is 38.4. The Hall–Kier alpha value is -2.77. The van der Waals surface area contributed by atoms with Gasteiger partial charge in [0, 0.05) is 12.6 Å². The molecular formula is C21H30N2O6. The van der Waals surface area contributed by atoms with Gasteiger partial charge in [-0.05, 0) is 45.6 Å². The van der Waals surface area contributed by atoms with Crippen LogP contribution in [0.2, 0.25) is 0 Å². The number of nitrogens with zero attached hydrogens (tertiary/aromatic N) is 1. The number of ether oxygens (including phenoxy) is 3. The Bertz CT molecular complexity index is 701. The van der Waals surface area contributed by atoms with E-state index in [0.717, 1.165) is 12.0 Å². The molecule has 2 rings (SSSR count). The van der Waals surface area contributed by atoms with E-state index in [4.69, 9.17) is 14.2 Å². The van der Waals surface area contributed by atoms with Crippen LogP contribution in [0.1, 0.15) is 45.6 Å². The fourth-order valence-electron chi connectivity index (χ4n) is 3.18. The van der Waals surface area contributed by atoms with E-state index in [1.165, 1.54) is 7.11 Å². The molecule has 1 aromatic rings. The van der Waals surface area contributed by atoms with Crippen molar-refractivity contribution in [1.29, 1.82) is 0 Å². The Morgan fingerprint density at radius 3 is 2.52 bits per heavy atom. The van der Waals surface area contributed by atoms with Crippen molar-refractivity contribution < 1.29 is 28.6 Å². The third-order valence-corrected chi connectivity index (χ3v) is 4.50. The molecule has 1 aliphatic heterocycles. The van der Waals surface area contributed by atoms with Gasteiger partial charge >= 0.3 is 18.2 Å². The number of carbonyl (C=O) groups is 3. The van der Waals surface area contributed by atoms with Crippen LogP contribution in [0, 0.1) is 0 Å². The number of amides is 2. The second-order valence-electron chi connectivity index (χ2n) is 7.99. The van der Waals surface area contributed by atoms with Crippen LogP contribution in [0.3, 0.4) is 0 Å². The second-order valence-corrected chi connectivity index (χ2v) is 7.99. The molecule has 0 saturated carbocycles. The molecule has 8 heteroatoms. The average molecular weight is 406 g/mol. The highest BCUT2D eigenvalue weighted by atomic mass is 16.6. The number of methoxy groups -OCH3 is 1. The van der Waals surface area contributed by atoms with Crippen LogP contribution in [-0.2, 0) is 25.6 Å². The van der Waals surface area contributed by atoms with Crippen LogP contribution in [0.25, 0.3) is 0 Å². The van der Waals surface area contributed by atoms with Gasteiger partial charge in [0.25, 0.3) is 0 Å². The zero-order chi connectivity index (χ0) is 21.4. The highest BCUT2D eigenvalue weighted by Crippen LogP contribution is 2.24. The van der Waals surface area contributed by atoms with E-state index in [9.17, 15) is 14.4 Å². The molecule has 0 bridgehead atoms. The first-order valence-electron chi connectivity index (χ1n) is 9.74. The number of likely N-dealkylation sites (tertiary alicyclic amines) is 1. The molecule has 160 valence electrons. The number of rotatable bonds is 6. The molecule has 2 atom stereocenters. The summed E-state index contributed by atoms with van der Waals surface area (Å²) in [7, 11) is 1.26. The van der Waals surface area contributed by atoms with Gasteiger partial charge in [0.2, 0.25) is 0 Å². The van der Waals surface area contributed by atoms with E-state index in [0.29, 0.717) is 13.0 Å². The van der Waals surface area contributed by atoms with Crippen LogP contribution < -0.4 is 5.32 Å². The van der Waals surface area contributed by atoms with E-state index in [2.05, 4.69) is 5.32 Å². The van der Waals surface area contributed by atoms with E-state index < -0.39 is 29.8 Å². The van der Waals surface area contributed by atoms with Gasteiger partial charge in [-0.15, -0.1) is 0 Å². The molecule has 0 radical (unpaired) electrons. The van der Waals surface area contributed by atoms with Crippen molar-refractivity contribution in [1.82, 2.24) is 10.2 Å². The van der Waals surface area contributed by atoms with Crippen LogP contribution in [-0.4, -0.2) is 54.4 Å². The smallest absolute Gasteiger partial charge is 0.410 e. The van der Waals surface area contributed by atoms with Crippen molar-refractivity contribution in [3.05, 3.63) is 35.9 Å². The first kappa shape index (κ1) is 22.5. The molecule has 29 heavy (non-hydrogen) atoms. The molecule has 1 unspecified atom stereocenters. The maximum absolute atomic E-state index is 12.4. The summed E-state index contributed by atoms with van der Waals surface area (Å²) in [6.45, 7) is 6.05. The third-order valence-electron chi connectivity index (χ3n) is 4.50. The molecule has 1 saturated heterocycles. The molecule has 1 aromatic carbocycles. The van der Waals surface area contributed by atoms with Crippen molar-refractivity contribution in [3.8, 4) is 0 Å². The van der Waals surface area contributed by atoms with Gasteiger partial charge in [0.1, 0.15) is 18.2 Å². The standard InChI is InChI=1S/C21H30N2O6/c1-21(2,3)29-20(26)23-12-8-11-16(23)13-17(18(24)27-4)22-19(25)28-14-15-9-6-5-7-10-15/h5-7,9-10,16-17H,8,11-14H2,1-4H3,(H,22,25)/t16-,17?/m0/s1. The highest BCUT2D eigenvalue weighted by molar-refractivity contribution is 5.81. The topological polar surface area (TPSA) is 94.2 Å². The summed E-state index contributed by atoms with van der Waals surface area (Å²) in [6.07, 6.45) is 0.608. The Kier molecular flexibility index (Phi) is 7.87. The number of benzene rings is 1. The van der Waals surface area contributed by atoms with Crippen LogP contribution in [0.4, 0.5) is 9.59 Å². The lowest BCUT2D eigenvalue weighted by Gasteiger charge is -2.30. The fourth-order valence-corrected chi connectivity index (χ4v) is 3.18. The van der Waals surface area contributed by atoms with Crippen molar-refractivity contribution >= 4 is 18.2 Å². The zero-order valence-electron chi connectivity index (χ0n) is 17.5. The zero-order valence-corrected chi connectivity index (χ0v) is 17.5. The Balaban J connectivity index is 1.96. The van der Waals surface area contributed by atoms with Crippen molar-refractivity contribution in [2.75, 3.05) is 13.7 Å². The number of alkyl carbamates (subject to hydrolysis) is 1. The van der Waals surface area contributed by atoms with Crippen molar-refractivity contribution in [2.45, 2.75) is 64.3 Å². The normalized spacial score (nSPS) is 17.4. The minimum absolute atomic E-state index is 0.0913. The number of carbonyl (C=O) groups excluding carboxylic acids is 3. The van der Waals surface area contributed by atoms with E-state index in [1.54, 1.807) is 25.7 Å². The Morgan fingerprint density at radius 1 is 1.21 bits per heavy atom. The van der Waals surface area contributed by atoms with E-state index in [1.807, 2.05) is 30.3 Å². The minimum Gasteiger partial charge on any atom is -0.467 e. The van der Waals surface area contributed by atoms with Crippen LogP contribution in [0.15, 0.2) is 30.3 Å². The lowest BCUT2D eigenvalue weighted by atomic mass is 10.1. The highest BCUT2D eigenvalue weighted by Gasteiger charge is 2.36. The lowest BCUT2D eigenvalue weighted by Crippen LogP contribution is -2.47. The van der Waals surface area contributed by atoms with Crippen molar-refractivity contribution in [3.63, 3.8) is 0 Å². The SMILES string of the molecule is COC(=O)C(C[C@@H]1CCCN1C(=O)OC(C)(C)C)NC(=O)OCc1ccccc1. The maximum atomic E-state index is 12.4. The first-order valence-corrected chi connectivity index (χ1v) is 9.74. The Morgan fingerprint density at radius 2 is 1.90 bits per heavy atom. The predicted molar refractivity (Wildman–Crippen MR) is 106 cm³/mol. The first-order chi connectivity index (χ1) is 13.7. The number of hydrogen-bond donors (Lipinski definition) is 1. The Labute approximate surface area is 171 Å². The van der Waals surface area contributed by atoms with Gasteiger partial charge < -0.3 is 24.4 Å². The number of nitrogens with one attached hydrogen (secondary N) is 1.